The lowest BCUT2D eigenvalue weighted by atomic mass is 9.93. The van der Waals surface area contributed by atoms with Crippen LogP contribution in [0.5, 0.6) is 0 Å². The number of nitro groups is 1. The minimum atomic E-state index is -0.277. The lowest BCUT2D eigenvalue weighted by Gasteiger charge is -2.35. The van der Waals surface area contributed by atoms with Crippen molar-refractivity contribution >= 4 is 11.4 Å². The Morgan fingerprint density at radius 3 is 2.56 bits per heavy atom. The summed E-state index contributed by atoms with van der Waals surface area (Å²) in [6, 6.07) is 7.55. The first-order valence-corrected chi connectivity index (χ1v) is 6.74. The molecule has 0 atom stereocenters. The van der Waals surface area contributed by atoms with Crippen LogP contribution in [0.4, 0.5) is 11.4 Å². The first-order chi connectivity index (χ1) is 8.74. The van der Waals surface area contributed by atoms with Gasteiger partial charge in [-0.1, -0.05) is 31.4 Å². The maximum Gasteiger partial charge on any atom is 0.292 e. The molecule has 0 unspecified atom stereocenters. The van der Waals surface area contributed by atoms with Crippen LogP contribution in [0.25, 0.3) is 0 Å². The summed E-state index contributed by atoms with van der Waals surface area (Å²) in [4.78, 5) is 13.0. The predicted molar refractivity (Wildman–Crippen MR) is 73.0 cm³/mol. The second kappa shape index (κ2) is 5.85. The molecule has 0 aromatic heterocycles. The van der Waals surface area contributed by atoms with E-state index >= 15 is 0 Å². The highest BCUT2D eigenvalue weighted by Gasteiger charge is 2.25. The molecule has 0 amide bonds. The molecule has 98 valence electrons. The summed E-state index contributed by atoms with van der Waals surface area (Å²) in [6.45, 7) is 2.90. The van der Waals surface area contributed by atoms with Crippen molar-refractivity contribution in [3.05, 3.63) is 34.4 Å². The Morgan fingerprint density at radius 1 is 1.28 bits per heavy atom. The third-order valence-electron chi connectivity index (χ3n) is 3.74. The van der Waals surface area contributed by atoms with E-state index in [1.165, 1.54) is 19.3 Å². The van der Waals surface area contributed by atoms with E-state index in [9.17, 15) is 10.1 Å². The third kappa shape index (κ3) is 2.63. The Balaban J connectivity index is 2.28. The highest BCUT2D eigenvalue weighted by Crippen LogP contribution is 2.33. The second-order valence-corrected chi connectivity index (χ2v) is 4.82. The number of para-hydroxylation sites is 2. The van der Waals surface area contributed by atoms with Gasteiger partial charge in [-0.2, -0.15) is 0 Å². The Kier molecular flexibility index (Phi) is 4.18. The average molecular weight is 248 g/mol. The van der Waals surface area contributed by atoms with E-state index in [0.717, 1.165) is 25.1 Å². The van der Waals surface area contributed by atoms with Crippen molar-refractivity contribution in [3.63, 3.8) is 0 Å². The molecule has 0 N–H and O–H groups in total. The van der Waals surface area contributed by atoms with E-state index in [-0.39, 0.29) is 10.6 Å². The van der Waals surface area contributed by atoms with Crippen molar-refractivity contribution in [2.75, 3.05) is 11.4 Å². The molecular weight excluding hydrogens is 228 g/mol. The van der Waals surface area contributed by atoms with Gasteiger partial charge in [0, 0.05) is 18.7 Å². The Labute approximate surface area is 108 Å². The fourth-order valence-electron chi connectivity index (χ4n) is 2.88. The van der Waals surface area contributed by atoms with Crippen LogP contribution in [0, 0.1) is 10.1 Å². The first-order valence-electron chi connectivity index (χ1n) is 6.74. The van der Waals surface area contributed by atoms with Gasteiger partial charge in [-0.15, -0.1) is 0 Å². The Hall–Kier alpha value is -1.58. The quantitative estimate of drug-likeness (QED) is 0.602. The molecule has 1 aromatic rings. The molecule has 1 aliphatic carbocycles. The van der Waals surface area contributed by atoms with Gasteiger partial charge in [0.05, 0.1) is 4.92 Å². The minimum absolute atomic E-state index is 0.227. The fraction of sp³-hybridized carbons (Fsp3) is 0.571. The first kappa shape index (κ1) is 12.9. The molecule has 1 aliphatic rings. The van der Waals surface area contributed by atoms with E-state index in [0.29, 0.717) is 6.04 Å². The minimum Gasteiger partial charge on any atom is -0.363 e. The standard InChI is InChI=1S/C14H20N2O2/c1-2-15(12-8-4-3-5-9-12)13-10-6-7-11-14(13)16(17)18/h6-7,10-12H,2-5,8-9H2,1H3. The lowest BCUT2D eigenvalue weighted by Crippen LogP contribution is -2.37. The molecule has 0 aliphatic heterocycles. The van der Waals surface area contributed by atoms with Crippen LogP contribution in [-0.4, -0.2) is 17.5 Å². The summed E-state index contributed by atoms with van der Waals surface area (Å²) in [7, 11) is 0. The zero-order valence-corrected chi connectivity index (χ0v) is 10.8. The van der Waals surface area contributed by atoms with Gasteiger partial charge in [0.2, 0.25) is 0 Å². The number of rotatable bonds is 4. The van der Waals surface area contributed by atoms with Crippen LogP contribution in [0.1, 0.15) is 39.0 Å². The van der Waals surface area contributed by atoms with Crippen molar-refractivity contribution < 1.29 is 4.92 Å². The lowest BCUT2D eigenvalue weighted by molar-refractivity contribution is -0.384. The molecule has 4 heteroatoms. The molecule has 0 bridgehead atoms. The highest BCUT2D eigenvalue weighted by atomic mass is 16.6. The molecule has 18 heavy (non-hydrogen) atoms. The van der Waals surface area contributed by atoms with Crippen molar-refractivity contribution in [1.82, 2.24) is 0 Å². The van der Waals surface area contributed by atoms with Crippen LogP contribution in [0.2, 0.25) is 0 Å². The molecule has 0 radical (unpaired) electrons. The largest absolute Gasteiger partial charge is 0.363 e. The topological polar surface area (TPSA) is 46.4 Å². The van der Waals surface area contributed by atoms with Gasteiger partial charge < -0.3 is 4.90 Å². The smallest absolute Gasteiger partial charge is 0.292 e. The van der Waals surface area contributed by atoms with E-state index in [4.69, 9.17) is 0 Å². The van der Waals surface area contributed by atoms with Crippen molar-refractivity contribution in [3.8, 4) is 0 Å². The zero-order valence-electron chi connectivity index (χ0n) is 10.8. The zero-order chi connectivity index (χ0) is 13.0. The van der Waals surface area contributed by atoms with Gasteiger partial charge in [0.25, 0.3) is 5.69 Å². The SMILES string of the molecule is CCN(c1ccccc1[N+](=O)[O-])C1CCCCC1. The van der Waals surface area contributed by atoms with Crippen LogP contribution >= 0.6 is 0 Å². The number of nitrogens with zero attached hydrogens (tertiary/aromatic N) is 2. The van der Waals surface area contributed by atoms with Crippen LogP contribution in [0.15, 0.2) is 24.3 Å². The van der Waals surface area contributed by atoms with Crippen LogP contribution in [0.3, 0.4) is 0 Å². The molecule has 0 saturated heterocycles. The molecular formula is C14H20N2O2. The number of hydrogen-bond acceptors (Lipinski definition) is 3. The van der Waals surface area contributed by atoms with Gasteiger partial charge in [-0.05, 0) is 25.8 Å². The monoisotopic (exact) mass is 248 g/mol. The van der Waals surface area contributed by atoms with Gasteiger partial charge >= 0.3 is 0 Å². The molecule has 4 nitrogen and oxygen atoms in total. The van der Waals surface area contributed by atoms with Gasteiger partial charge in [0.1, 0.15) is 5.69 Å². The normalized spacial score (nSPS) is 16.5. The van der Waals surface area contributed by atoms with Crippen LogP contribution in [-0.2, 0) is 0 Å². The van der Waals surface area contributed by atoms with Crippen molar-refractivity contribution in [1.29, 1.82) is 0 Å². The summed E-state index contributed by atoms with van der Waals surface area (Å²) in [5, 5.41) is 11.1. The van der Waals surface area contributed by atoms with Gasteiger partial charge in [-0.3, -0.25) is 10.1 Å². The van der Waals surface area contributed by atoms with Crippen molar-refractivity contribution in [2.24, 2.45) is 0 Å². The average Bonchev–Trinajstić information content (AvgIpc) is 2.41. The predicted octanol–water partition coefficient (Wildman–Crippen LogP) is 3.75. The van der Waals surface area contributed by atoms with E-state index in [1.54, 1.807) is 12.1 Å². The highest BCUT2D eigenvalue weighted by molar-refractivity contribution is 5.63. The maximum atomic E-state index is 11.1. The number of nitro benzene ring substituents is 1. The van der Waals surface area contributed by atoms with E-state index < -0.39 is 0 Å². The molecule has 0 heterocycles. The summed E-state index contributed by atoms with van der Waals surface area (Å²) < 4.78 is 0. The summed E-state index contributed by atoms with van der Waals surface area (Å²) >= 11 is 0. The summed E-state index contributed by atoms with van der Waals surface area (Å²) in [5.41, 5.74) is 1.00. The number of benzene rings is 1. The number of hydrogen-bond donors (Lipinski definition) is 0. The molecule has 1 saturated carbocycles. The molecule has 0 spiro atoms. The Bertz CT molecular complexity index is 414. The van der Waals surface area contributed by atoms with Crippen LogP contribution < -0.4 is 4.90 Å². The number of anilines is 1. The molecule has 1 fully saturated rings. The van der Waals surface area contributed by atoms with E-state index in [2.05, 4.69) is 11.8 Å². The summed E-state index contributed by atoms with van der Waals surface area (Å²) in [6.07, 6.45) is 6.08. The second-order valence-electron chi connectivity index (χ2n) is 4.82. The summed E-state index contributed by atoms with van der Waals surface area (Å²) in [5.74, 6) is 0. The van der Waals surface area contributed by atoms with Gasteiger partial charge in [-0.25, -0.2) is 0 Å². The fourth-order valence-corrected chi connectivity index (χ4v) is 2.88. The van der Waals surface area contributed by atoms with Crippen molar-refractivity contribution in [2.45, 2.75) is 45.1 Å². The van der Waals surface area contributed by atoms with Gasteiger partial charge in [0.15, 0.2) is 0 Å². The molecule has 1 aromatic carbocycles. The maximum absolute atomic E-state index is 11.1. The third-order valence-corrected chi connectivity index (χ3v) is 3.74. The Morgan fingerprint density at radius 2 is 1.94 bits per heavy atom. The molecule has 2 rings (SSSR count). The van der Waals surface area contributed by atoms with E-state index in [1.807, 2.05) is 12.1 Å².